The van der Waals surface area contributed by atoms with Crippen molar-refractivity contribution in [3.05, 3.63) is 0 Å². The molecule has 0 aromatic heterocycles. The van der Waals surface area contributed by atoms with Crippen LogP contribution in [0.3, 0.4) is 0 Å². The number of ether oxygens (including phenoxy) is 2. The fourth-order valence-corrected chi connectivity index (χ4v) is 1.28. The minimum absolute atomic E-state index is 0.211. The normalized spacial score (nSPS) is 20.9. The van der Waals surface area contributed by atoms with E-state index in [1.165, 1.54) is 6.07 Å². The molecule has 3 nitrogen and oxygen atoms in total. The van der Waals surface area contributed by atoms with Gasteiger partial charge in [0.05, 0.1) is 18.8 Å². The van der Waals surface area contributed by atoms with Crippen LogP contribution in [-0.2, 0) is 9.47 Å². The molecule has 1 aliphatic heterocycles. The minimum atomic E-state index is -4.50. The first kappa shape index (κ1) is 12.3. The van der Waals surface area contributed by atoms with E-state index in [1.807, 2.05) is 0 Å². The lowest BCUT2D eigenvalue weighted by Gasteiger charge is -2.23. The van der Waals surface area contributed by atoms with Crippen molar-refractivity contribution in [2.24, 2.45) is 5.92 Å². The highest BCUT2D eigenvalue weighted by molar-refractivity contribution is 4.88. The first-order valence-electron chi connectivity index (χ1n) is 4.69. The second-order valence-corrected chi connectivity index (χ2v) is 3.37. The molecule has 0 aromatic carbocycles. The maximum absolute atomic E-state index is 12.1. The Morgan fingerprint density at radius 2 is 2.00 bits per heavy atom. The van der Waals surface area contributed by atoms with Crippen LogP contribution in [0, 0.1) is 17.2 Å². The summed E-state index contributed by atoms with van der Waals surface area (Å²) in [7, 11) is 0. The van der Waals surface area contributed by atoms with Gasteiger partial charge in [0, 0.05) is 13.2 Å². The summed E-state index contributed by atoms with van der Waals surface area (Å²) in [6.07, 6.45) is -3.52. The van der Waals surface area contributed by atoms with Crippen LogP contribution in [0.5, 0.6) is 0 Å². The van der Waals surface area contributed by atoms with Crippen LogP contribution in [0.4, 0.5) is 13.2 Å². The average molecular weight is 223 g/mol. The zero-order valence-corrected chi connectivity index (χ0v) is 8.09. The van der Waals surface area contributed by atoms with Gasteiger partial charge in [-0.2, -0.15) is 18.4 Å². The largest absolute Gasteiger partial charge is 0.406 e. The third-order valence-electron chi connectivity index (χ3n) is 2.22. The number of rotatable bonds is 3. The molecule has 86 valence electrons. The van der Waals surface area contributed by atoms with E-state index in [1.54, 1.807) is 0 Å². The van der Waals surface area contributed by atoms with Crippen LogP contribution < -0.4 is 0 Å². The summed E-state index contributed by atoms with van der Waals surface area (Å²) in [6, 6.07) is 1.20. The molecule has 0 N–H and O–H groups in total. The number of alkyl halides is 3. The molecule has 6 heteroatoms. The summed E-state index contributed by atoms with van der Waals surface area (Å²) < 4.78 is 46.5. The van der Waals surface area contributed by atoms with Gasteiger partial charge in [0.1, 0.15) is 0 Å². The van der Waals surface area contributed by atoms with Crippen molar-refractivity contribution >= 4 is 0 Å². The molecular weight excluding hydrogens is 211 g/mol. The molecule has 1 rings (SSSR count). The van der Waals surface area contributed by atoms with Crippen molar-refractivity contribution in [2.45, 2.75) is 25.1 Å². The van der Waals surface area contributed by atoms with Gasteiger partial charge in [-0.1, -0.05) is 0 Å². The molecule has 1 atom stereocenters. The lowest BCUT2D eigenvalue weighted by Crippen LogP contribution is -2.31. The molecule has 0 radical (unpaired) electrons. The summed E-state index contributed by atoms with van der Waals surface area (Å²) in [4.78, 5) is 0. The Kier molecular flexibility index (Phi) is 4.36. The van der Waals surface area contributed by atoms with Crippen molar-refractivity contribution in [3.8, 4) is 6.07 Å². The molecule has 0 saturated carbocycles. The third kappa shape index (κ3) is 4.06. The number of halogens is 3. The van der Waals surface area contributed by atoms with Gasteiger partial charge in [0.2, 0.25) is 0 Å². The van der Waals surface area contributed by atoms with E-state index in [2.05, 4.69) is 0 Å². The number of hydrogen-bond acceptors (Lipinski definition) is 3. The fraction of sp³-hybridized carbons (Fsp3) is 0.889. The zero-order chi connectivity index (χ0) is 11.3. The molecule has 1 heterocycles. The monoisotopic (exact) mass is 223 g/mol. The molecule has 1 unspecified atom stereocenters. The molecule has 1 saturated heterocycles. The Bertz CT molecular complexity index is 230. The number of nitriles is 1. The topological polar surface area (TPSA) is 42.2 Å². The highest BCUT2D eigenvalue weighted by atomic mass is 19.4. The highest BCUT2D eigenvalue weighted by Crippen LogP contribution is 2.26. The van der Waals surface area contributed by atoms with E-state index in [9.17, 15) is 13.2 Å². The fourth-order valence-electron chi connectivity index (χ4n) is 1.28. The van der Waals surface area contributed by atoms with Gasteiger partial charge < -0.3 is 9.47 Å². The van der Waals surface area contributed by atoms with E-state index in [-0.39, 0.29) is 6.10 Å². The maximum atomic E-state index is 12.1. The van der Waals surface area contributed by atoms with Gasteiger partial charge in [-0.25, -0.2) is 0 Å². The maximum Gasteiger partial charge on any atom is 0.406 e. The van der Waals surface area contributed by atoms with E-state index >= 15 is 0 Å². The van der Waals surface area contributed by atoms with E-state index < -0.39 is 18.7 Å². The molecule has 1 aliphatic rings. The van der Waals surface area contributed by atoms with E-state index in [4.69, 9.17) is 14.7 Å². The predicted octanol–water partition coefficient (Wildman–Crippen LogP) is 1.88. The van der Waals surface area contributed by atoms with Gasteiger partial charge in [0.25, 0.3) is 0 Å². The van der Waals surface area contributed by atoms with E-state index in [0.29, 0.717) is 26.1 Å². The zero-order valence-electron chi connectivity index (χ0n) is 8.09. The van der Waals surface area contributed by atoms with Crippen LogP contribution in [0.2, 0.25) is 0 Å². The van der Waals surface area contributed by atoms with Crippen molar-refractivity contribution in [2.75, 3.05) is 19.8 Å². The molecule has 15 heavy (non-hydrogen) atoms. The summed E-state index contributed by atoms with van der Waals surface area (Å²) in [5.41, 5.74) is 0. The Morgan fingerprint density at radius 1 is 1.40 bits per heavy atom. The minimum Gasteiger partial charge on any atom is -0.381 e. The summed E-state index contributed by atoms with van der Waals surface area (Å²) in [6.45, 7) is 0.437. The van der Waals surface area contributed by atoms with Crippen LogP contribution in [0.1, 0.15) is 12.8 Å². The Hall–Kier alpha value is -0.800. The SMILES string of the molecule is N#CC(COC1CCOCC1)C(F)(F)F. The van der Waals surface area contributed by atoms with Gasteiger partial charge in [-0.3, -0.25) is 0 Å². The Morgan fingerprint density at radius 3 is 2.47 bits per heavy atom. The molecule has 0 aromatic rings. The Labute approximate surface area is 85.8 Å². The molecule has 0 amide bonds. The number of hydrogen-bond donors (Lipinski definition) is 0. The van der Waals surface area contributed by atoms with E-state index in [0.717, 1.165) is 0 Å². The van der Waals surface area contributed by atoms with Crippen molar-refractivity contribution < 1.29 is 22.6 Å². The lowest BCUT2D eigenvalue weighted by atomic mass is 10.1. The molecular formula is C9H12F3NO2. The van der Waals surface area contributed by atoms with Crippen LogP contribution in [-0.4, -0.2) is 32.1 Å². The summed E-state index contributed by atoms with van der Waals surface area (Å²) >= 11 is 0. The second-order valence-electron chi connectivity index (χ2n) is 3.37. The summed E-state index contributed by atoms with van der Waals surface area (Å²) in [5.74, 6) is -2.03. The molecule has 0 aliphatic carbocycles. The van der Waals surface area contributed by atoms with Gasteiger partial charge in [-0.15, -0.1) is 0 Å². The van der Waals surface area contributed by atoms with Crippen molar-refractivity contribution in [1.82, 2.24) is 0 Å². The molecule has 0 bridgehead atoms. The highest BCUT2D eigenvalue weighted by Gasteiger charge is 2.40. The number of nitrogens with zero attached hydrogens (tertiary/aromatic N) is 1. The van der Waals surface area contributed by atoms with Gasteiger partial charge in [-0.05, 0) is 12.8 Å². The molecule has 1 fully saturated rings. The first-order chi connectivity index (χ1) is 7.04. The first-order valence-corrected chi connectivity index (χ1v) is 4.69. The average Bonchev–Trinajstić information content (AvgIpc) is 2.18. The van der Waals surface area contributed by atoms with Gasteiger partial charge in [0.15, 0.2) is 5.92 Å². The smallest absolute Gasteiger partial charge is 0.381 e. The van der Waals surface area contributed by atoms with Gasteiger partial charge >= 0.3 is 6.18 Å². The second kappa shape index (κ2) is 5.33. The standard InChI is InChI=1S/C9H12F3NO2/c10-9(11,12)7(5-13)6-15-8-1-3-14-4-2-8/h7-8H,1-4,6H2. The van der Waals surface area contributed by atoms with Crippen molar-refractivity contribution in [3.63, 3.8) is 0 Å². The van der Waals surface area contributed by atoms with Crippen molar-refractivity contribution in [1.29, 1.82) is 5.26 Å². The Balaban J connectivity index is 2.31. The molecule has 0 spiro atoms. The summed E-state index contributed by atoms with van der Waals surface area (Å²) in [5, 5.41) is 8.32. The third-order valence-corrected chi connectivity index (χ3v) is 2.22. The quantitative estimate of drug-likeness (QED) is 0.733. The van der Waals surface area contributed by atoms with Crippen LogP contribution >= 0.6 is 0 Å². The van der Waals surface area contributed by atoms with Crippen LogP contribution in [0.15, 0.2) is 0 Å². The van der Waals surface area contributed by atoms with Crippen LogP contribution in [0.25, 0.3) is 0 Å². The predicted molar refractivity (Wildman–Crippen MR) is 45.0 cm³/mol. The lowest BCUT2D eigenvalue weighted by molar-refractivity contribution is -0.178.